The van der Waals surface area contributed by atoms with E-state index in [4.69, 9.17) is 5.84 Å². The van der Waals surface area contributed by atoms with Crippen molar-refractivity contribution in [1.29, 1.82) is 0 Å². The van der Waals surface area contributed by atoms with E-state index < -0.39 is 0 Å². The zero-order valence-corrected chi connectivity index (χ0v) is 9.25. The van der Waals surface area contributed by atoms with Crippen molar-refractivity contribution >= 4 is 29.1 Å². The van der Waals surface area contributed by atoms with E-state index in [1.165, 1.54) is 11.5 Å². The van der Waals surface area contributed by atoms with Crippen LogP contribution in [0.25, 0.3) is 0 Å². The summed E-state index contributed by atoms with van der Waals surface area (Å²) in [5.74, 6) is 6.46. The molecule has 0 spiro atoms. The molecule has 0 unspecified atom stereocenters. The normalized spacial score (nSPS) is 10.2. The van der Waals surface area contributed by atoms with E-state index in [1.807, 2.05) is 0 Å². The van der Waals surface area contributed by atoms with Crippen molar-refractivity contribution in [2.75, 3.05) is 5.43 Å². The molecule has 0 aliphatic heterocycles. The average Bonchev–Trinajstić information content (AvgIpc) is 2.80. The minimum Gasteiger partial charge on any atom is -0.307 e. The van der Waals surface area contributed by atoms with Gasteiger partial charge in [0.2, 0.25) is 0 Å². The number of nitrogens with one attached hydrogen (secondary N) is 1. The lowest BCUT2D eigenvalue weighted by atomic mass is 10.5. The highest BCUT2D eigenvalue weighted by molar-refractivity contribution is 8.00. The van der Waals surface area contributed by atoms with Crippen LogP contribution in [0.3, 0.4) is 0 Å². The first kappa shape index (κ1) is 10.3. The SMILES string of the molecule is NNc1cnc(CSc2ncns2)cn1. The monoisotopic (exact) mass is 240 g/mol. The maximum absolute atomic E-state index is 5.18. The van der Waals surface area contributed by atoms with Gasteiger partial charge in [-0.05, 0) is 11.5 Å². The van der Waals surface area contributed by atoms with Crippen molar-refractivity contribution in [3.8, 4) is 0 Å². The molecule has 0 radical (unpaired) electrons. The molecule has 78 valence electrons. The molecule has 2 aromatic heterocycles. The van der Waals surface area contributed by atoms with Gasteiger partial charge in [-0.15, -0.1) is 0 Å². The number of hydrogen-bond donors (Lipinski definition) is 2. The van der Waals surface area contributed by atoms with Gasteiger partial charge < -0.3 is 5.43 Å². The Kier molecular flexibility index (Phi) is 3.43. The minimum absolute atomic E-state index is 0.555. The molecule has 15 heavy (non-hydrogen) atoms. The summed E-state index contributed by atoms with van der Waals surface area (Å²) >= 11 is 2.96. The van der Waals surface area contributed by atoms with Crippen molar-refractivity contribution < 1.29 is 0 Å². The highest BCUT2D eigenvalue weighted by atomic mass is 32.2. The maximum Gasteiger partial charge on any atom is 0.170 e. The number of nitrogens with two attached hydrogens (primary N) is 1. The molecule has 0 aliphatic carbocycles. The third-order valence-corrected chi connectivity index (χ3v) is 3.37. The summed E-state index contributed by atoms with van der Waals surface area (Å²) in [6.45, 7) is 0. The summed E-state index contributed by atoms with van der Waals surface area (Å²) < 4.78 is 4.84. The van der Waals surface area contributed by atoms with Crippen molar-refractivity contribution in [1.82, 2.24) is 19.3 Å². The van der Waals surface area contributed by atoms with Crippen LogP contribution in [0.15, 0.2) is 23.1 Å². The Bertz CT molecular complexity index is 400. The summed E-state index contributed by atoms with van der Waals surface area (Å²) in [5.41, 5.74) is 3.31. The van der Waals surface area contributed by atoms with Gasteiger partial charge in [-0.25, -0.2) is 15.8 Å². The van der Waals surface area contributed by atoms with E-state index in [1.54, 1.807) is 30.5 Å². The first-order valence-corrected chi connectivity index (χ1v) is 5.81. The molecule has 8 heteroatoms. The second-order valence-corrected chi connectivity index (χ2v) is 4.54. The number of nitrogens with zero attached hydrogens (tertiary/aromatic N) is 4. The van der Waals surface area contributed by atoms with Crippen LogP contribution in [0, 0.1) is 0 Å². The van der Waals surface area contributed by atoms with Crippen molar-refractivity contribution in [2.45, 2.75) is 10.1 Å². The molecular weight excluding hydrogens is 232 g/mol. The number of hydrazine groups is 1. The lowest BCUT2D eigenvalue weighted by molar-refractivity contribution is 1.08. The van der Waals surface area contributed by atoms with E-state index in [-0.39, 0.29) is 0 Å². The lowest BCUT2D eigenvalue weighted by Gasteiger charge is -1.99. The quantitative estimate of drug-likeness (QED) is 0.466. The average molecular weight is 240 g/mol. The lowest BCUT2D eigenvalue weighted by Crippen LogP contribution is -2.08. The number of hydrogen-bond acceptors (Lipinski definition) is 8. The van der Waals surface area contributed by atoms with E-state index in [9.17, 15) is 0 Å². The molecule has 0 saturated carbocycles. The molecule has 0 atom stereocenters. The van der Waals surface area contributed by atoms with Crippen LogP contribution in [0.1, 0.15) is 5.69 Å². The van der Waals surface area contributed by atoms with Crippen LogP contribution in [0.2, 0.25) is 0 Å². The van der Waals surface area contributed by atoms with Gasteiger partial charge in [0, 0.05) is 5.75 Å². The molecule has 6 nitrogen and oxygen atoms in total. The molecule has 0 saturated heterocycles. The Morgan fingerprint density at radius 3 is 2.87 bits per heavy atom. The van der Waals surface area contributed by atoms with E-state index in [0.29, 0.717) is 5.82 Å². The van der Waals surface area contributed by atoms with Gasteiger partial charge in [0.25, 0.3) is 0 Å². The first-order valence-electron chi connectivity index (χ1n) is 4.05. The largest absolute Gasteiger partial charge is 0.307 e. The van der Waals surface area contributed by atoms with Crippen LogP contribution >= 0.6 is 23.3 Å². The molecule has 0 bridgehead atoms. The fraction of sp³-hybridized carbons (Fsp3) is 0.143. The van der Waals surface area contributed by atoms with Gasteiger partial charge in [-0.2, -0.15) is 4.37 Å². The van der Waals surface area contributed by atoms with Crippen molar-refractivity contribution in [2.24, 2.45) is 5.84 Å². The smallest absolute Gasteiger partial charge is 0.170 e. The molecule has 0 fully saturated rings. The van der Waals surface area contributed by atoms with Crippen LogP contribution < -0.4 is 11.3 Å². The van der Waals surface area contributed by atoms with Gasteiger partial charge >= 0.3 is 0 Å². The predicted octanol–water partition coefficient (Wildman–Crippen LogP) is 0.906. The topological polar surface area (TPSA) is 89.6 Å². The zero-order chi connectivity index (χ0) is 10.5. The third-order valence-electron chi connectivity index (χ3n) is 1.54. The Morgan fingerprint density at radius 1 is 1.33 bits per heavy atom. The van der Waals surface area contributed by atoms with E-state index >= 15 is 0 Å². The first-order chi connectivity index (χ1) is 7.38. The standard InChI is InChI=1S/C7H8N6S2/c8-13-6-2-9-5(1-10-6)3-14-7-11-4-12-15-7/h1-2,4H,3,8H2,(H,10,13). The fourth-order valence-corrected chi connectivity index (χ4v) is 2.20. The molecule has 2 heterocycles. The Balaban J connectivity index is 1.93. The minimum atomic E-state index is 0.555. The molecule has 2 aromatic rings. The highest BCUT2D eigenvalue weighted by Gasteiger charge is 2.00. The molecular formula is C7H8N6S2. The van der Waals surface area contributed by atoms with Crippen LogP contribution in [-0.4, -0.2) is 19.3 Å². The molecule has 3 N–H and O–H groups in total. The number of nitrogen functional groups attached to an aromatic ring is 1. The third kappa shape index (κ3) is 2.85. The Hall–Kier alpha value is -1.25. The number of thioether (sulfide) groups is 1. The summed E-state index contributed by atoms with van der Waals surface area (Å²) in [7, 11) is 0. The summed E-state index contributed by atoms with van der Waals surface area (Å²) in [5, 5.41) is 0. The Labute approximate surface area is 94.5 Å². The van der Waals surface area contributed by atoms with Crippen LogP contribution in [0.5, 0.6) is 0 Å². The Morgan fingerprint density at radius 2 is 2.27 bits per heavy atom. The molecule has 2 rings (SSSR count). The van der Waals surface area contributed by atoms with E-state index in [2.05, 4.69) is 24.8 Å². The number of rotatable bonds is 4. The maximum atomic E-state index is 5.18. The van der Waals surface area contributed by atoms with Crippen LogP contribution in [-0.2, 0) is 5.75 Å². The number of aromatic nitrogens is 4. The van der Waals surface area contributed by atoms with Gasteiger partial charge in [0.05, 0.1) is 18.1 Å². The highest BCUT2D eigenvalue weighted by Crippen LogP contribution is 2.21. The molecule has 0 amide bonds. The van der Waals surface area contributed by atoms with E-state index in [0.717, 1.165) is 15.8 Å². The second kappa shape index (κ2) is 5.01. The molecule has 0 aromatic carbocycles. The number of anilines is 1. The summed E-state index contributed by atoms with van der Waals surface area (Å²) in [6, 6.07) is 0. The van der Waals surface area contributed by atoms with Crippen LogP contribution in [0.4, 0.5) is 5.82 Å². The van der Waals surface area contributed by atoms with Gasteiger partial charge in [0.1, 0.15) is 6.33 Å². The van der Waals surface area contributed by atoms with Gasteiger partial charge in [0.15, 0.2) is 10.2 Å². The summed E-state index contributed by atoms with van der Waals surface area (Å²) in [6.07, 6.45) is 4.82. The second-order valence-electron chi connectivity index (χ2n) is 2.53. The zero-order valence-electron chi connectivity index (χ0n) is 7.62. The van der Waals surface area contributed by atoms with Gasteiger partial charge in [-0.1, -0.05) is 11.8 Å². The van der Waals surface area contributed by atoms with Gasteiger partial charge in [-0.3, -0.25) is 4.98 Å². The fourth-order valence-electron chi connectivity index (χ4n) is 0.866. The van der Waals surface area contributed by atoms with Crippen molar-refractivity contribution in [3.05, 3.63) is 24.4 Å². The molecule has 0 aliphatic rings. The summed E-state index contributed by atoms with van der Waals surface area (Å²) in [4.78, 5) is 12.3. The van der Waals surface area contributed by atoms with Crippen molar-refractivity contribution in [3.63, 3.8) is 0 Å². The predicted molar refractivity (Wildman–Crippen MR) is 59.3 cm³/mol.